The van der Waals surface area contributed by atoms with Gasteiger partial charge in [-0.05, 0) is 38.3 Å². The number of hydrogen-bond donors (Lipinski definition) is 2. The molecule has 3 N–H and O–H groups in total. The summed E-state index contributed by atoms with van der Waals surface area (Å²) in [6.45, 7) is 1.47. The summed E-state index contributed by atoms with van der Waals surface area (Å²) in [5, 5.41) is 3.16. The van der Waals surface area contributed by atoms with Crippen LogP contribution in [0.3, 0.4) is 0 Å². The van der Waals surface area contributed by atoms with Gasteiger partial charge in [-0.25, -0.2) is 0 Å². The number of fused-ring (bicyclic) bond motifs is 1. The van der Waals surface area contributed by atoms with E-state index in [1.807, 2.05) is 24.3 Å². The third kappa shape index (κ3) is 5.85. The first-order valence-corrected chi connectivity index (χ1v) is 8.02. The molecule has 0 radical (unpaired) electrons. The third-order valence-electron chi connectivity index (χ3n) is 3.88. The van der Waals surface area contributed by atoms with Gasteiger partial charge in [0, 0.05) is 12.0 Å². The highest BCUT2D eigenvalue weighted by Gasteiger charge is 2.20. The number of para-hydroxylation sites is 1. The van der Waals surface area contributed by atoms with Crippen molar-refractivity contribution >= 4 is 18.3 Å². The molecule has 1 atom stereocenters. The van der Waals surface area contributed by atoms with Crippen molar-refractivity contribution in [3.05, 3.63) is 29.8 Å². The van der Waals surface area contributed by atoms with Crippen LogP contribution in [0, 0.1) is 0 Å². The minimum Gasteiger partial charge on any atom is -0.493 e. The number of carbonyl (C=O) groups is 1. The standard InChI is InChI=1S/C17H26N2O2.ClH/c18-12-6-2-1-3-11-17(20)19-15-9-7-13-21-16-10-5-4-8-14(15)16;/h4-5,8,10,15H,1-3,6-7,9,11-13,18H2,(H,19,20);1H. The molecule has 124 valence electrons. The molecule has 0 saturated carbocycles. The van der Waals surface area contributed by atoms with Gasteiger partial charge in [0.15, 0.2) is 0 Å². The predicted octanol–water partition coefficient (Wildman–Crippen LogP) is 3.35. The minimum atomic E-state index is 0. The molecule has 2 rings (SSSR count). The lowest BCUT2D eigenvalue weighted by Crippen LogP contribution is -2.28. The zero-order valence-electron chi connectivity index (χ0n) is 13.1. The third-order valence-corrected chi connectivity index (χ3v) is 3.88. The van der Waals surface area contributed by atoms with E-state index in [9.17, 15) is 4.79 Å². The number of benzene rings is 1. The second kappa shape index (κ2) is 10.5. The molecule has 0 aliphatic carbocycles. The Morgan fingerprint density at radius 3 is 2.82 bits per heavy atom. The molecular formula is C17H27ClN2O2. The van der Waals surface area contributed by atoms with Crippen LogP contribution in [0.15, 0.2) is 24.3 Å². The Kier molecular flexibility index (Phi) is 8.94. The van der Waals surface area contributed by atoms with Gasteiger partial charge in [-0.1, -0.05) is 31.0 Å². The molecule has 0 saturated heterocycles. The van der Waals surface area contributed by atoms with Gasteiger partial charge in [-0.15, -0.1) is 12.4 Å². The van der Waals surface area contributed by atoms with Crippen molar-refractivity contribution in [2.45, 2.75) is 51.0 Å². The number of unbranched alkanes of at least 4 members (excludes halogenated alkanes) is 3. The van der Waals surface area contributed by atoms with Crippen LogP contribution in [-0.2, 0) is 4.79 Å². The molecule has 0 spiro atoms. The van der Waals surface area contributed by atoms with E-state index < -0.39 is 0 Å². The van der Waals surface area contributed by atoms with Crippen LogP contribution in [-0.4, -0.2) is 19.1 Å². The van der Waals surface area contributed by atoms with E-state index in [1.165, 1.54) is 0 Å². The zero-order valence-corrected chi connectivity index (χ0v) is 13.9. The molecular weight excluding hydrogens is 300 g/mol. The average molecular weight is 327 g/mol. The SMILES string of the molecule is Cl.NCCCCCCC(=O)NC1CCCOc2ccccc21. The van der Waals surface area contributed by atoms with Crippen molar-refractivity contribution in [3.63, 3.8) is 0 Å². The van der Waals surface area contributed by atoms with Crippen LogP contribution in [0.25, 0.3) is 0 Å². The van der Waals surface area contributed by atoms with E-state index in [-0.39, 0.29) is 24.4 Å². The van der Waals surface area contributed by atoms with Crippen LogP contribution in [0.5, 0.6) is 5.75 Å². The van der Waals surface area contributed by atoms with Gasteiger partial charge in [-0.3, -0.25) is 4.79 Å². The van der Waals surface area contributed by atoms with Crippen molar-refractivity contribution < 1.29 is 9.53 Å². The number of amides is 1. The number of rotatable bonds is 7. The van der Waals surface area contributed by atoms with E-state index in [1.54, 1.807) is 0 Å². The summed E-state index contributed by atoms with van der Waals surface area (Å²) in [6, 6.07) is 8.08. The van der Waals surface area contributed by atoms with Crippen molar-refractivity contribution in [2.24, 2.45) is 5.73 Å². The summed E-state index contributed by atoms with van der Waals surface area (Å²) >= 11 is 0. The number of nitrogens with two attached hydrogens (primary N) is 1. The first kappa shape index (κ1) is 18.8. The van der Waals surface area contributed by atoms with Crippen LogP contribution in [0.4, 0.5) is 0 Å². The fraction of sp³-hybridized carbons (Fsp3) is 0.588. The van der Waals surface area contributed by atoms with Gasteiger partial charge in [0.25, 0.3) is 0 Å². The maximum absolute atomic E-state index is 12.1. The molecule has 1 aliphatic heterocycles. The van der Waals surface area contributed by atoms with Gasteiger partial charge >= 0.3 is 0 Å². The Bertz CT molecular complexity index is 454. The highest BCUT2D eigenvalue weighted by atomic mass is 35.5. The largest absolute Gasteiger partial charge is 0.493 e. The maximum atomic E-state index is 12.1. The lowest BCUT2D eigenvalue weighted by Gasteiger charge is -2.18. The first-order valence-electron chi connectivity index (χ1n) is 8.02. The fourth-order valence-electron chi connectivity index (χ4n) is 2.72. The molecule has 4 nitrogen and oxygen atoms in total. The zero-order chi connectivity index (χ0) is 14.9. The normalized spacial score (nSPS) is 16.7. The highest BCUT2D eigenvalue weighted by Crippen LogP contribution is 2.31. The van der Waals surface area contributed by atoms with E-state index in [0.29, 0.717) is 6.42 Å². The van der Waals surface area contributed by atoms with Gasteiger partial charge in [0.1, 0.15) is 5.75 Å². The number of hydrogen-bond acceptors (Lipinski definition) is 3. The van der Waals surface area contributed by atoms with Crippen LogP contribution < -0.4 is 15.8 Å². The van der Waals surface area contributed by atoms with E-state index >= 15 is 0 Å². The topological polar surface area (TPSA) is 64.4 Å². The molecule has 1 aliphatic rings. The number of carbonyl (C=O) groups excluding carboxylic acids is 1. The minimum absolute atomic E-state index is 0. The lowest BCUT2D eigenvalue weighted by atomic mass is 10.0. The number of halogens is 1. The quantitative estimate of drug-likeness (QED) is 0.755. The maximum Gasteiger partial charge on any atom is 0.220 e. The molecule has 1 aromatic carbocycles. The first-order chi connectivity index (χ1) is 10.3. The van der Waals surface area contributed by atoms with Crippen LogP contribution >= 0.6 is 12.4 Å². The second-order valence-corrected chi connectivity index (χ2v) is 5.60. The van der Waals surface area contributed by atoms with Gasteiger partial charge in [-0.2, -0.15) is 0 Å². The van der Waals surface area contributed by atoms with Crippen LogP contribution in [0.2, 0.25) is 0 Å². The summed E-state index contributed by atoms with van der Waals surface area (Å²) in [5.41, 5.74) is 6.57. The molecule has 0 bridgehead atoms. The Hall–Kier alpha value is -1.26. The van der Waals surface area contributed by atoms with Crippen LogP contribution in [0.1, 0.15) is 56.6 Å². The Morgan fingerprint density at radius 1 is 1.23 bits per heavy atom. The summed E-state index contributed by atoms with van der Waals surface area (Å²) in [7, 11) is 0. The van der Waals surface area contributed by atoms with E-state index in [4.69, 9.17) is 10.5 Å². The van der Waals surface area contributed by atoms with Crippen molar-refractivity contribution in [2.75, 3.05) is 13.2 Å². The highest BCUT2D eigenvalue weighted by molar-refractivity contribution is 5.85. The summed E-state index contributed by atoms with van der Waals surface area (Å²) in [5.74, 6) is 1.05. The molecule has 5 heteroatoms. The predicted molar refractivity (Wildman–Crippen MR) is 91.4 cm³/mol. The van der Waals surface area contributed by atoms with Crippen molar-refractivity contribution in [3.8, 4) is 5.75 Å². The van der Waals surface area contributed by atoms with Gasteiger partial charge in [0.2, 0.25) is 5.91 Å². The lowest BCUT2D eigenvalue weighted by molar-refractivity contribution is -0.122. The Balaban J connectivity index is 0.00000242. The summed E-state index contributed by atoms with van der Waals surface area (Å²) in [6.07, 6.45) is 6.70. The second-order valence-electron chi connectivity index (χ2n) is 5.60. The summed E-state index contributed by atoms with van der Waals surface area (Å²) in [4.78, 5) is 12.1. The molecule has 1 amide bonds. The average Bonchev–Trinajstić information content (AvgIpc) is 2.70. The Morgan fingerprint density at radius 2 is 2.00 bits per heavy atom. The number of ether oxygens (including phenoxy) is 1. The van der Waals surface area contributed by atoms with E-state index in [2.05, 4.69) is 5.32 Å². The molecule has 1 unspecified atom stereocenters. The summed E-state index contributed by atoms with van der Waals surface area (Å²) < 4.78 is 5.72. The van der Waals surface area contributed by atoms with Gasteiger partial charge in [0.05, 0.1) is 12.6 Å². The Labute approximate surface area is 139 Å². The van der Waals surface area contributed by atoms with Gasteiger partial charge < -0.3 is 15.8 Å². The monoisotopic (exact) mass is 326 g/mol. The van der Waals surface area contributed by atoms with E-state index in [0.717, 1.165) is 63.0 Å². The molecule has 1 heterocycles. The van der Waals surface area contributed by atoms with Crippen molar-refractivity contribution in [1.82, 2.24) is 5.32 Å². The molecule has 1 aromatic rings. The van der Waals surface area contributed by atoms with Crippen molar-refractivity contribution in [1.29, 1.82) is 0 Å². The molecule has 0 aromatic heterocycles. The smallest absolute Gasteiger partial charge is 0.220 e. The number of nitrogens with one attached hydrogen (secondary N) is 1. The molecule has 22 heavy (non-hydrogen) atoms. The fourth-order valence-corrected chi connectivity index (χ4v) is 2.72. The molecule has 0 fully saturated rings.